The fourth-order valence-corrected chi connectivity index (χ4v) is 4.10. The van der Waals surface area contributed by atoms with Gasteiger partial charge in [-0.2, -0.15) is 0 Å². The van der Waals surface area contributed by atoms with Crippen molar-refractivity contribution in [2.45, 2.75) is 19.9 Å². The Morgan fingerprint density at radius 1 is 1.00 bits per heavy atom. The summed E-state index contributed by atoms with van der Waals surface area (Å²) in [5, 5.41) is 4.00. The van der Waals surface area contributed by atoms with E-state index in [-0.39, 0.29) is 12.8 Å². The molecule has 0 aliphatic carbocycles. The van der Waals surface area contributed by atoms with Gasteiger partial charge in [-0.1, -0.05) is 35.3 Å². The van der Waals surface area contributed by atoms with E-state index in [9.17, 15) is 9.59 Å². The molecular formula is C26H24Cl2N2O5. The Balaban J connectivity index is 1.49. The van der Waals surface area contributed by atoms with Crippen molar-refractivity contribution in [1.29, 1.82) is 0 Å². The summed E-state index contributed by atoms with van der Waals surface area (Å²) in [4.78, 5) is 26.8. The number of rotatable bonds is 8. The Hall–Kier alpha value is -3.42. The Kier molecular flexibility index (Phi) is 8.00. The highest BCUT2D eigenvalue weighted by Crippen LogP contribution is 2.33. The van der Waals surface area contributed by atoms with Gasteiger partial charge in [-0.25, -0.2) is 9.59 Å². The predicted molar refractivity (Wildman–Crippen MR) is 135 cm³/mol. The van der Waals surface area contributed by atoms with Crippen LogP contribution in [0.25, 0.3) is 0 Å². The lowest BCUT2D eigenvalue weighted by molar-refractivity contribution is 0.0526. The second-order valence-electron chi connectivity index (χ2n) is 7.82. The molecule has 35 heavy (non-hydrogen) atoms. The lowest BCUT2D eigenvalue weighted by atomic mass is 10.1. The molecule has 1 N–H and O–H groups in total. The number of nitrogens with zero attached hydrogens (tertiary/aromatic N) is 1. The third kappa shape index (κ3) is 6.38. The van der Waals surface area contributed by atoms with Crippen molar-refractivity contribution in [3.05, 3.63) is 87.4 Å². The molecule has 0 spiro atoms. The molecule has 0 aromatic heterocycles. The molecule has 0 fully saturated rings. The van der Waals surface area contributed by atoms with Gasteiger partial charge >= 0.3 is 12.0 Å². The van der Waals surface area contributed by atoms with E-state index in [1.807, 2.05) is 24.3 Å². The first-order valence-corrected chi connectivity index (χ1v) is 11.8. The number of fused-ring (bicyclic) bond motifs is 1. The summed E-state index contributed by atoms with van der Waals surface area (Å²) in [5.41, 5.74) is 2.75. The number of amides is 2. The fourth-order valence-electron chi connectivity index (χ4n) is 3.60. The molecule has 0 saturated carbocycles. The number of ether oxygens (including phenoxy) is 3. The molecule has 1 aliphatic heterocycles. The third-order valence-corrected chi connectivity index (χ3v) is 6.00. The van der Waals surface area contributed by atoms with Crippen LogP contribution in [0.2, 0.25) is 10.0 Å². The maximum atomic E-state index is 13.2. The number of anilines is 1. The molecular weight excluding hydrogens is 491 g/mol. The Morgan fingerprint density at radius 2 is 1.77 bits per heavy atom. The SMILES string of the molecule is CCOC(=O)c1ccc(NC(=O)N(CCc2ccc(Cl)cc2Cl)Cc2ccc3c(c2)OCO3)cc1. The number of hydrogen-bond donors (Lipinski definition) is 1. The molecule has 2 amide bonds. The van der Waals surface area contributed by atoms with Crippen LogP contribution >= 0.6 is 23.2 Å². The summed E-state index contributed by atoms with van der Waals surface area (Å²) in [6, 6.07) is 17.2. The zero-order valence-electron chi connectivity index (χ0n) is 19.1. The van der Waals surface area contributed by atoms with E-state index in [0.717, 1.165) is 11.1 Å². The Bertz CT molecular complexity index is 1220. The average molecular weight is 515 g/mol. The summed E-state index contributed by atoms with van der Waals surface area (Å²) in [6.07, 6.45) is 0.537. The fraction of sp³-hybridized carbons (Fsp3) is 0.231. The second-order valence-corrected chi connectivity index (χ2v) is 8.67. The largest absolute Gasteiger partial charge is 0.462 e. The molecule has 3 aromatic carbocycles. The molecule has 3 aromatic rings. The zero-order valence-corrected chi connectivity index (χ0v) is 20.6. The molecule has 0 bridgehead atoms. The van der Waals surface area contributed by atoms with E-state index in [1.165, 1.54) is 0 Å². The second kappa shape index (κ2) is 11.3. The van der Waals surface area contributed by atoms with E-state index in [0.29, 0.717) is 58.9 Å². The smallest absolute Gasteiger partial charge is 0.338 e. The molecule has 1 heterocycles. The van der Waals surface area contributed by atoms with Crippen molar-refractivity contribution in [2.75, 3.05) is 25.3 Å². The van der Waals surface area contributed by atoms with Crippen LogP contribution in [-0.4, -0.2) is 36.8 Å². The summed E-state index contributed by atoms with van der Waals surface area (Å²) >= 11 is 12.3. The highest BCUT2D eigenvalue weighted by molar-refractivity contribution is 6.35. The van der Waals surface area contributed by atoms with Crippen molar-refractivity contribution in [2.24, 2.45) is 0 Å². The molecule has 7 nitrogen and oxygen atoms in total. The minimum atomic E-state index is -0.408. The predicted octanol–water partition coefficient (Wildman–Crippen LogP) is 6.18. The number of urea groups is 1. The van der Waals surface area contributed by atoms with Gasteiger partial charge in [0.2, 0.25) is 6.79 Å². The van der Waals surface area contributed by atoms with Crippen molar-refractivity contribution < 1.29 is 23.8 Å². The number of halogens is 2. The number of nitrogens with one attached hydrogen (secondary N) is 1. The van der Waals surface area contributed by atoms with Gasteiger partial charge in [0, 0.05) is 28.8 Å². The van der Waals surface area contributed by atoms with Crippen molar-refractivity contribution >= 4 is 40.9 Å². The van der Waals surface area contributed by atoms with Crippen molar-refractivity contribution in [1.82, 2.24) is 4.90 Å². The van der Waals surface area contributed by atoms with Crippen LogP contribution in [0.1, 0.15) is 28.4 Å². The molecule has 9 heteroatoms. The summed E-state index contributed by atoms with van der Waals surface area (Å²) in [6.45, 7) is 2.97. The maximum absolute atomic E-state index is 13.2. The van der Waals surface area contributed by atoms with E-state index < -0.39 is 5.97 Å². The lowest BCUT2D eigenvalue weighted by Gasteiger charge is -2.24. The first-order chi connectivity index (χ1) is 16.9. The summed E-state index contributed by atoms with van der Waals surface area (Å²) in [5.74, 6) is 0.923. The van der Waals surface area contributed by atoms with Gasteiger partial charge in [-0.05, 0) is 73.0 Å². The lowest BCUT2D eigenvalue weighted by Crippen LogP contribution is -2.36. The summed E-state index contributed by atoms with van der Waals surface area (Å²) in [7, 11) is 0. The maximum Gasteiger partial charge on any atom is 0.338 e. The number of benzene rings is 3. The van der Waals surface area contributed by atoms with E-state index in [4.69, 9.17) is 37.4 Å². The van der Waals surface area contributed by atoms with Crippen LogP contribution in [0, 0.1) is 0 Å². The Labute approximate surface area is 213 Å². The molecule has 4 rings (SSSR count). The van der Waals surface area contributed by atoms with Gasteiger partial charge < -0.3 is 24.4 Å². The van der Waals surface area contributed by atoms with Gasteiger partial charge in [-0.3, -0.25) is 0 Å². The summed E-state index contributed by atoms with van der Waals surface area (Å²) < 4.78 is 15.9. The number of esters is 1. The van der Waals surface area contributed by atoms with Gasteiger partial charge in [0.1, 0.15) is 0 Å². The van der Waals surface area contributed by atoms with Crippen molar-refractivity contribution in [3.63, 3.8) is 0 Å². The standard InChI is InChI=1S/C26H24Cl2N2O5/c1-2-33-25(31)19-5-8-21(9-6-19)29-26(32)30(12-11-18-4-7-20(27)14-22(18)28)15-17-3-10-23-24(13-17)35-16-34-23/h3-10,13-14H,2,11-12,15-16H2,1H3,(H,29,32). The molecule has 0 unspecified atom stereocenters. The quantitative estimate of drug-likeness (QED) is 0.363. The number of carbonyl (C=O) groups excluding carboxylic acids is 2. The van der Waals surface area contributed by atoms with Gasteiger partial charge in [0.05, 0.1) is 12.2 Å². The van der Waals surface area contributed by atoms with E-state index in [2.05, 4.69) is 5.32 Å². The highest BCUT2D eigenvalue weighted by atomic mass is 35.5. The number of hydrogen-bond acceptors (Lipinski definition) is 5. The Morgan fingerprint density at radius 3 is 2.51 bits per heavy atom. The normalized spacial score (nSPS) is 11.7. The minimum Gasteiger partial charge on any atom is -0.462 e. The van der Waals surface area contributed by atoms with Gasteiger partial charge in [-0.15, -0.1) is 0 Å². The van der Waals surface area contributed by atoms with Crippen LogP contribution in [0.5, 0.6) is 11.5 Å². The van der Waals surface area contributed by atoms with E-state index >= 15 is 0 Å². The highest BCUT2D eigenvalue weighted by Gasteiger charge is 2.19. The minimum absolute atomic E-state index is 0.180. The zero-order chi connectivity index (χ0) is 24.8. The van der Waals surface area contributed by atoms with Crippen LogP contribution in [0.4, 0.5) is 10.5 Å². The topological polar surface area (TPSA) is 77.1 Å². The van der Waals surface area contributed by atoms with Crippen LogP contribution in [0.15, 0.2) is 60.7 Å². The molecule has 0 radical (unpaired) electrons. The number of carbonyl (C=O) groups is 2. The monoisotopic (exact) mass is 514 g/mol. The third-order valence-electron chi connectivity index (χ3n) is 5.41. The van der Waals surface area contributed by atoms with Crippen LogP contribution in [0.3, 0.4) is 0 Å². The van der Waals surface area contributed by atoms with Gasteiger partial charge in [0.25, 0.3) is 0 Å². The average Bonchev–Trinajstić information content (AvgIpc) is 3.31. The van der Waals surface area contributed by atoms with Crippen molar-refractivity contribution in [3.8, 4) is 11.5 Å². The molecule has 0 saturated heterocycles. The van der Waals surface area contributed by atoms with Crippen LogP contribution < -0.4 is 14.8 Å². The molecule has 1 aliphatic rings. The van der Waals surface area contributed by atoms with E-state index in [1.54, 1.807) is 48.2 Å². The van der Waals surface area contributed by atoms with Crippen LogP contribution in [-0.2, 0) is 17.7 Å². The molecule has 182 valence electrons. The molecule has 0 atom stereocenters. The first kappa shape index (κ1) is 24.7. The first-order valence-electron chi connectivity index (χ1n) is 11.1. The van der Waals surface area contributed by atoms with Gasteiger partial charge in [0.15, 0.2) is 11.5 Å².